The summed E-state index contributed by atoms with van der Waals surface area (Å²) in [5, 5.41) is 48.8. The van der Waals surface area contributed by atoms with E-state index in [1.165, 1.54) is 0 Å². The van der Waals surface area contributed by atoms with Gasteiger partial charge < -0.3 is 25.5 Å². The van der Waals surface area contributed by atoms with E-state index in [2.05, 4.69) is 18.8 Å². The fourth-order valence-corrected chi connectivity index (χ4v) is 4.77. The van der Waals surface area contributed by atoms with Crippen LogP contribution in [0.2, 0.25) is 0 Å². The Morgan fingerprint density at radius 3 is 1.54 bits per heavy atom. The maximum absolute atomic E-state index is 11.5. The second kappa shape index (κ2) is 14.2. The quantitative estimate of drug-likeness (QED) is 0.219. The molecule has 2 aromatic carbocycles. The summed E-state index contributed by atoms with van der Waals surface area (Å²) in [5.74, 6) is -0.873. The Balaban J connectivity index is 2.10. The molecule has 0 spiro atoms. The normalized spacial score (nSPS) is 12.3. The molecule has 0 aliphatic rings. The van der Waals surface area contributed by atoms with Crippen LogP contribution < -0.4 is 0 Å². The van der Waals surface area contributed by atoms with Gasteiger partial charge in [0, 0.05) is 43.9 Å². The lowest BCUT2D eigenvalue weighted by Gasteiger charge is -2.27. The van der Waals surface area contributed by atoms with Gasteiger partial charge in [0.15, 0.2) is 0 Å². The molecule has 0 fully saturated rings. The first-order valence-corrected chi connectivity index (χ1v) is 15.2. The van der Waals surface area contributed by atoms with Gasteiger partial charge in [-0.1, -0.05) is 24.3 Å². The Morgan fingerprint density at radius 1 is 0.757 bits per heavy atom. The first kappa shape index (κ1) is 30.4. The van der Waals surface area contributed by atoms with Gasteiger partial charge in [0.05, 0.1) is 13.1 Å². The summed E-state index contributed by atoms with van der Waals surface area (Å²) in [6, 6.07) is 10.5. The molecule has 37 heavy (non-hydrogen) atoms. The van der Waals surface area contributed by atoms with Gasteiger partial charge in [-0.15, -0.1) is 0 Å². The van der Waals surface area contributed by atoms with Gasteiger partial charge in [0.1, 0.15) is 11.5 Å². The number of carbonyl (C=O) groups is 2. The molecular formula is C27H40N2O7S. The molecule has 0 bridgehead atoms. The SMILES string of the molecule is CS(C)(C)CCc1ccc(CN(CCN(CC(=O)O)Cc2ccc(CCO)cc2O)CC(=O)O)c(O)c1. The molecule has 0 heterocycles. The largest absolute Gasteiger partial charge is 0.508 e. The summed E-state index contributed by atoms with van der Waals surface area (Å²) in [7, 11) is -0.660. The highest BCUT2D eigenvalue weighted by atomic mass is 32.3. The van der Waals surface area contributed by atoms with E-state index in [4.69, 9.17) is 5.11 Å². The monoisotopic (exact) mass is 536 g/mol. The summed E-state index contributed by atoms with van der Waals surface area (Å²) in [6.45, 7) is 0.256. The highest BCUT2D eigenvalue weighted by molar-refractivity contribution is 8.32. The Morgan fingerprint density at radius 2 is 1.19 bits per heavy atom. The number of phenolic OH excluding ortho intramolecular Hbond substituents is 2. The average Bonchev–Trinajstić information content (AvgIpc) is 2.78. The van der Waals surface area contributed by atoms with Crippen molar-refractivity contribution in [3.63, 3.8) is 0 Å². The molecule has 10 heteroatoms. The zero-order chi connectivity index (χ0) is 27.6. The lowest BCUT2D eigenvalue weighted by atomic mass is 10.1. The lowest BCUT2D eigenvalue weighted by molar-refractivity contribution is -0.140. The molecule has 2 rings (SSSR count). The summed E-state index contributed by atoms with van der Waals surface area (Å²) in [4.78, 5) is 26.2. The molecule has 0 saturated heterocycles. The fourth-order valence-electron chi connectivity index (χ4n) is 3.93. The van der Waals surface area contributed by atoms with Crippen LogP contribution in [-0.2, 0) is 35.5 Å². The summed E-state index contributed by atoms with van der Waals surface area (Å²) >= 11 is 0. The molecule has 0 aliphatic heterocycles. The second-order valence-corrected chi connectivity index (χ2v) is 14.7. The van der Waals surface area contributed by atoms with Crippen LogP contribution in [-0.4, -0.2) is 105 Å². The number of carboxylic acids is 2. The van der Waals surface area contributed by atoms with Crippen molar-refractivity contribution >= 4 is 22.0 Å². The molecule has 0 saturated carbocycles. The summed E-state index contributed by atoms with van der Waals surface area (Å²) in [5.41, 5.74) is 2.95. The maximum Gasteiger partial charge on any atom is 0.317 e. The second-order valence-electron chi connectivity index (χ2n) is 10.2. The minimum absolute atomic E-state index is 0.0156. The Labute approximate surface area is 220 Å². The van der Waals surface area contributed by atoms with E-state index in [-0.39, 0.29) is 57.4 Å². The molecule has 9 nitrogen and oxygen atoms in total. The van der Waals surface area contributed by atoms with E-state index < -0.39 is 22.0 Å². The maximum atomic E-state index is 11.5. The average molecular weight is 537 g/mol. The number of phenols is 2. The van der Waals surface area contributed by atoms with Gasteiger partial charge >= 0.3 is 11.9 Å². The topological polar surface area (TPSA) is 142 Å². The van der Waals surface area contributed by atoms with Crippen molar-refractivity contribution in [3.05, 3.63) is 58.7 Å². The number of benzene rings is 2. The van der Waals surface area contributed by atoms with Gasteiger partial charge in [-0.05, 0) is 60.6 Å². The third kappa shape index (κ3) is 11.4. The van der Waals surface area contributed by atoms with Crippen molar-refractivity contribution in [1.29, 1.82) is 0 Å². The van der Waals surface area contributed by atoms with E-state index in [1.807, 2.05) is 12.1 Å². The van der Waals surface area contributed by atoms with E-state index in [0.29, 0.717) is 17.5 Å². The molecule has 2 aromatic rings. The van der Waals surface area contributed by atoms with Crippen LogP contribution in [0.3, 0.4) is 0 Å². The van der Waals surface area contributed by atoms with Crippen LogP contribution in [0.25, 0.3) is 0 Å². The van der Waals surface area contributed by atoms with Crippen molar-refractivity contribution in [2.75, 3.05) is 57.3 Å². The zero-order valence-electron chi connectivity index (χ0n) is 21.9. The van der Waals surface area contributed by atoms with Crippen molar-refractivity contribution in [1.82, 2.24) is 9.80 Å². The van der Waals surface area contributed by atoms with Crippen LogP contribution in [0.5, 0.6) is 11.5 Å². The predicted molar refractivity (Wildman–Crippen MR) is 147 cm³/mol. The van der Waals surface area contributed by atoms with Gasteiger partial charge in [-0.25, -0.2) is 10.0 Å². The number of rotatable bonds is 16. The van der Waals surface area contributed by atoms with Crippen molar-refractivity contribution < 1.29 is 35.1 Å². The van der Waals surface area contributed by atoms with Gasteiger partial charge in [0.2, 0.25) is 0 Å². The smallest absolute Gasteiger partial charge is 0.317 e. The predicted octanol–water partition coefficient (Wildman–Crippen LogP) is 2.34. The van der Waals surface area contributed by atoms with E-state index in [0.717, 1.165) is 23.3 Å². The highest BCUT2D eigenvalue weighted by Crippen LogP contribution is 2.35. The number of hydrogen-bond acceptors (Lipinski definition) is 7. The van der Waals surface area contributed by atoms with Crippen molar-refractivity contribution in [2.45, 2.75) is 25.9 Å². The molecule has 0 unspecified atom stereocenters. The van der Waals surface area contributed by atoms with Gasteiger partial charge in [0.25, 0.3) is 0 Å². The lowest BCUT2D eigenvalue weighted by Crippen LogP contribution is -2.39. The van der Waals surface area contributed by atoms with Crippen LogP contribution in [0.4, 0.5) is 0 Å². The zero-order valence-corrected chi connectivity index (χ0v) is 22.7. The van der Waals surface area contributed by atoms with E-state index >= 15 is 0 Å². The number of aliphatic hydroxyl groups excluding tert-OH is 1. The Hall–Kier alpha value is -2.79. The molecule has 0 aromatic heterocycles. The Bertz CT molecular complexity index is 1060. The van der Waals surface area contributed by atoms with Crippen molar-refractivity contribution in [2.24, 2.45) is 0 Å². The van der Waals surface area contributed by atoms with Gasteiger partial charge in [-0.3, -0.25) is 19.4 Å². The summed E-state index contributed by atoms with van der Waals surface area (Å²) in [6.07, 6.45) is 8.00. The molecule has 0 amide bonds. The standard InChI is InChI=1S/C27H40N2O7S/c1-37(2,3)13-9-21-5-7-23(25(32)15-21)17-29(19-27(35)36)11-10-28(18-26(33)34)16-22-6-4-20(8-12-30)14-24(22)31/h4-7,14-15,30-32H,8-13,16-19H2,1-3H3,(H,33,34)(H,35,36). The number of aryl methyl sites for hydroxylation is 1. The number of nitrogens with zero attached hydrogens (tertiary/aromatic N) is 2. The van der Waals surface area contributed by atoms with Gasteiger partial charge in [-0.2, -0.15) is 0 Å². The van der Waals surface area contributed by atoms with Crippen LogP contribution in [0.1, 0.15) is 22.3 Å². The molecule has 0 aliphatic carbocycles. The highest BCUT2D eigenvalue weighted by Gasteiger charge is 2.18. The molecular weight excluding hydrogens is 496 g/mol. The van der Waals surface area contributed by atoms with Crippen molar-refractivity contribution in [3.8, 4) is 11.5 Å². The summed E-state index contributed by atoms with van der Waals surface area (Å²) < 4.78 is 0. The third-order valence-electron chi connectivity index (χ3n) is 5.94. The minimum Gasteiger partial charge on any atom is -0.508 e. The van der Waals surface area contributed by atoms with Crippen LogP contribution in [0.15, 0.2) is 36.4 Å². The van der Waals surface area contributed by atoms with Crippen LogP contribution in [0, 0.1) is 0 Å². The molecule has 5 N–H and O–H groups in total. The Kier molecular flexibility index (Phi) is 11.7. The van der Waals surface area contributed by atoms with E-state index in [9.17, 15) is 30.0 Å². The first-order valence-electron chi connectivity index (χ1n) is 12.1. The fraction of sp³-hybridized carbons (Fsp3) is 0.481. The molecule has 0 radical (unpaired) electrons. The number of hydrogen-bond donors (Lipinski definition) is 5. The number of aliphatic hydroxyl groups is 1. The number of aliphatic carboxylic acids is 2. The minimum atomic E-state index is -1.04. The third-order valence-corrected chi connectivity index (χ3v) is 7.37. The number of aromatic hydroxyl groups is 2. The van der Waals surface area contributed by atoms with Crippen LogP contribution >= 0.6 is 10.0 Å². The van der Waals surface area contributed by atoms with E-state index in [1.54, 1.807) is 34.1 Å². The molecule has 206 valence electrons. The number of carboxylic acid groups (broad SMARTS) is 2. The first-order chi connectivity index (χ1) is 17.4. The molecule has 0 atom stereocenters.